The summed E-state index contributed by atoms with van der Waals surface area (Å²) in [6.07, 6.45) is 0.779. The van der Waals surface area contributed by atoms with Gasteiger partial charge in [-0.2, -0.15) is 0 Å². The van der Waals surface area contributed by atoms with Crippen molar-refractivity contribution in [1.29, 1.82) is 0 Å². The van der Waals surface area contributed by atoms with Crippen LogP contribution >= 0.6 is 11.6 Å². The van der Waals surface area contributed by atoms with Crippen LogP contribution in [0.25, 0.3) is 0 Å². The maximum atomic E-state index is 9.19. The molecular formula is C15H25ClN4O. The second kappa shape index (κ2) is 6.46. The fourth-order valence-corrected chi connectivity index (χ4v) is 3.07. The largest absolute Gasteiger partial charge is 0.395 e. The van der Waals surface area contributed by atoms with Crippen LogP contribution in [0.5, 0.6) is 0 Å². The van der Waals surface area contributed by atoms with E-state index in [1.54, 1.807) is 0 Å². The van der Waals surface area contributed by atoms with Crippen LogP contribution in [0, 0.1) is 6.92 Å². The number of hydrogen-bond donors (Lipinski definition) is 1. The molecule has 0 saturated carbocycles. The Kier molecular flexibility index (Phi) is 5.07. The summed E-state index contributed by atoms with van der Waals surface area (Å²) in [5, 5.41) is 9.74. The van der Waals surface area contributed by atoms with Gasteiger partial charge >= 0.3 is 0 Å². The van der Waals surface area contributed by atoms with E-state index >= 15 is 0 Å². The Morgan fingerprint density at radius 3 is 2.57 bits per heavy atom. The zero-order chi connectivity index (χ0) is 15.6. The minimum absolute atomic E-state index is 0.00275. The molecule has 0 amide bonds. The maximum absolute atomic E-state index is 9.19. The first-order valence-electron chi connectivity index (χ1n) is 7.53. The van der Waals surface area contributed by atoms with E-state index in [1.807, 2.05) is 13.8 Å². The molecule has 1 aliphatic heterocycles. The van der Waals surface area contributed by atoms with E-state index in [2.05, 4.69) is 33.6 Å². The van der Waals surface area contributed by atoms with E-state index in [0.717, 1.165) is 43.3 Å². The van der Waals surface area contributed by atoms with Crippen molar-refractivity contribution in [3.8, 4) is 0 Å². The van der Waals surface area contributed by atoms with Gasteiger partial charge in [-0.25, -0.2) is 9.97 Å². The Bertz CT molecular complexity index is 507. The second-order valence-electron chi connectivity index (χ2n) is 6.18. The lowest BCUT2D eigenvalue weighted by atomic mass is 9.98. The molecule has 5 nitrogen and oxygen atoms in total. The summed E-state index contributed by atoms with van der Waals surface area (Å²) in [7, 11) is 0. The third-order valence-corrected chi connectivity index (χ3v) is 4.53. The first-order chi connectivity index (χ1) is 9.89. The van der Waals surface area contributed by atoms with Crippen molar-refractivity contribution in [2.45, 2.75) is 39.7 Å². The summed E-state index contributed by atoms with van der Waals surface area (Å²) in [6, 6.07) is 0. The highest BCUT2D eigenvalue weighted by atomic mass is 35.5. The van der Waals surface area contributed by atoms with Crippen LogP contribution < -0.4 is 4.90 Å². The lowest BCUT2D eigenvalue weighted by Crippen LogP contribution is -2.60. The van der Waals surface area contributed by atoms with Gasteiger partial charge in [0.05, 0.1) is 6.61 Å². The third kappa shape index (κ3) is 3.47. The summed E-state index contributed by atoms with van der Waals surface area (Å²) < 4.78 is 0. The van der Waals surface area contributed by atoms with Crippen molar-refractivity contribution in [2.75, 3.05) is 37.7 Å². The number of nitrogens with zero attached hydrogens (tertiary/aromatic N) is 4. The van der Waals surface area contributed by atoms with E-state index in [4.69, 9.17) is 11.6 Å². The predicted octanol–water partition coefficient (Wildman–Crippen LogP) is 1.89. The molecule has 0 spiro atoms. The molecule has 0 radical (unpaired) electrons. The van der Waals surface area contributed by atoms with Crippen LogP contribution in [0.4, 0.5) is 5.82 Å². The zero-order valence-electron chi connectivity index (χ0n) is 13.4. The van der Waals surface area contributed by atoms with Crippen molar-refractivity contribution < 1.29 is 5.11 Å². The van der Waals surface area contributed by atoms with E-state index in [-0.39, 0.29) is 12.1 Å². The maximum Gasteiger partial charge on any atom is 0.137 e. The van der Waals surface area contributed by atoms with Gasteiger partial charge in [-0.05, 0) is 20.8 Å². The highest BCUT2D eigenvalue weighted by Gasteiger charge is 2.34. The highest BCUT2D eigenvalue weighted by molar-refractivity contribution is 6.30. The minimum Gasteiger partial charge on any atom is -0.395 e. The molecule has 0 bridgehead atoms. The number of aliphatic hydroxyl groups is 1. The monoisotopic (exact) mass is 312 g/mol. The van der Waals surface area contributed by atoms with Gasteiger partial charge in [-0.15, -0.1) is 0 Å². The van der Waals surface area contributed by atoms with E-state index in [0.29, 0.717) is 11.7 Å². The summed E-state index contributed by atoms with van der Waals surface area (Å²) in [6.45, 7) is 12.0. The second-order valence-corrected chi connectivity index (χ2v) is 6.54. The number of hydrogen-bond acceptors (Lipinski definition) is 5. The molecule has 1 N–H and O–H groups in total. The molecule has 2 rings (SSSR count). The third-order valence-electron chi connectivity index (χ3n) is 4.17. The van der Waals surface area contributed by atoms with Gasteiger partial charge in [-0.3, -0.25) is 4.90 Å². The Labute approximate surface area is 131 Å². The van der Waals surface area contributed by atoms with Crippen molar-refractivity contribution in [1.82, 2.24) is 14.9 Å². The quantitative estimate of drug-likeness (QED) is 0.861. The topological polar surface area (TPSA) is 52.5 Å². The van der Waals surface area contributed by atoms with Crippen LogP contribution in [-0.4, -0.2) is 58.3 Å². The van der Waals surface area contributed by atoms with E-state index in [1.165, 1.54) is 0 Å². The van der Waals surface area contributed by atoms with Gasteiger partial charge in [0.2, 0.25) is 0 Å². The molecule has 118 valence electrons. The van der Waals surface area contributed by atoms with Crippen molar-refractivity contribution in [2.24, 2.45) is 0 Å². The minimum atomic E-state index is -0.00275. The molecule has 21 heavy (non-hydrogen) atoms. The molecule has 0 aromatic carbocycles. The first kappa shape index (κ1) is 16.5. The van der Waals surface area contributed by atoms with Crippen LogP contribution in [0.3, 0.4) is 0 Å². The number of rotatable bonds is 4. The Morgan fingerprint density at radius 2 is 2.00 bits per heavy atom. The molecule has 1 aromatic heterocycles. The number of β-amino-alcohol motifs (C(OH)–C–C–N with tert-alkyl or cyclic N) is 1. The highest BCUT2D eigenvalue weighted by Crippen LogP contribution is 2.29. The average Bonchev–Trinajstić information content (AvgIpc) is 2.43. The number of anilines is 1. The fourth-order valence-electron chi connectivity index (χ4n) is 2.89. The zero-order valence-corrected chi connectivity index (χ0v) is 14.1. The Balaban J connectivity index is 2.26. The smallest absolute Gasteiger partial charge is 0.137 e. The van der Waals surface area contributed by atoms with Gasteiger partial charge in [0.1, 0.15) is 16.8 Å². The van der Waals surface area contributed by atoms with Crippen LogP contribution in [-0.2, 0) is 6.42 Å². The van der Waals surface area contributed by atoms with Gasteiger partial charge in [-0.1, -0.05) is 18.5 Å². The van der Waals surface area contributed by atoms with Gasteiger partial charge in [0.15, 0.2) is 0 Å². The average molecular weight is 313 g/mol. The predicted molar refractivity (Wildman–Crippen MR) is 86.1 cm³/mol. The van der Waals surface area contributed by atoms with Crippen molar-refractivity contribution in [3.63, 3.8) is 0 Å². The van der Waals surface area contributed by atoms with Crippen LogP contribution in [0.15, 0.2) is 0 Å². The van der Waals surface area contributed by atoms with Gasteiger partial charge in [0.25, 0.3) is 0 Å². The lowest BCUT2D eigenvalue weighted by molar-refractivity contribution is 0.0810. The molecule has 1 fully saturated rings. The van der Waals surface area contributed by atoms with Gasteiger partial charge < -0.3 is 10.0 Å². The first-order valence-corrected chi connectivity index (χ1v) is 7.90. The van der Waals surface area contributed by atoms with Crippen LogP contribution in [0.1, 0.15) is 32.2 Å². The van der Waals surface area contributed by atoms with Crippen molar-refractivity contribution >= 4 is 17.4 Å². The van der Waals surface area contributed by atoms with Crippen LogP contribution in [0.2, 0.25) is 5.15 Å². The normalized spacial score (nSPS) is 19.0. The number of aryl methyl sites for hydroxylation is 1. The molecule has 1 aromatic rings. The Hall–Kier alpha value is -0.910. The number of halogens is 1. The molecule has 6 heteroatoms. The number of aromatic nitrogens is 2. The lowest BCUT2D eigenvalue weighted by Gasteiger charge is -2.47. The summed E-state index contributed by atoms with van der Waals surface area (Å²) in [5.74, 6) is 1.74. The van der Waals surface area contributed by atoms with Crippen molar-refractivity contribution in [3.05, 3.63) is 16.5 Å². The molecule has 1 aliphatic rings. The number of piperazine rings is 1. The molecular weight excluding hydrogens is 288 g/mol. The summed E-state index contributed by atoms with van der Waals surface area (Å²) >= 11 is 6.25. The molecule has 2 heterocycles. The summed E-state index contributed by atoms with van der Waals surface area (Å²) in [4.78, 5) is 13.6. The molecule has 0 unspecified atom stereocenters. The van der Waals surface area contributed by atoms with Gasteiger partial charge in [0, 0.05) is 43.7 Å². The van der Waals surface area contributed by atoms with E-state index in [9.17, 15) is 5.11 Å². The Morgan fingerprint density at radius 1 is 1.29 bits per heavy atom. The fraction of sp³-hybridized carbons (Fsp3) is 0.733. The number of aliphatic hydroxyl groups excluding tert-OH is 1. The molecule has 0 aliphatic carbocycles. The SMILES string of the molecule is CCc1nc(Cl)c(C)c(N2CCN(CCO)C(C)(C)C2)n1. The molecule has 0 atom stereocenters. The van der Waals surface area contributed by atoms with E-state index < -0.39 is 0 Å². The molecule has 1 saturated heterocycles. The standard InChI is InChI=1S/C15H25ClN4O/c1-5-12-17-13(16)11(2)14(18-12)19-6-7-20(8-9-21)15(3,4)10-19/h21H,5-10H2,1-4H3. The summed E-state index contributed by atoms with van der Waals surface area (Å²) in [5.41, 5.74) is 0.942.